The third kappa shape index (κ3) is 3.03. The van der Waals surface area contributed by atoms with Crippen LogP contribution in [0.3, 0.4) is 0 Å². The highest BCUT2D eigenvalue weighted by molar-refractivity contribution is 5.95. The maximum absolute atomic E-state index is 14.0. The van der Waals surface area contributed by atoms with Gasteiger partial charge < -0.3 is 4.74 Å². The summed E-state index contributed by atoms with van der Waals surface area (Å²) in [7, 11) is 0. The minimum atomic E-state index is -0.295. The van der Waals surface area contributed by atoms with Gasteiger partial charge in [0.1, 0.15) is 11.6 Å². The van der Waals surface area contributed by atoms with Gasteiger partial charge in [-0.05, 0) is 40.5 Å². The quantitative estimate of drug-likeness (QED) is 0.565. The highest BCUT2D eigenvalue weighted by atomic mass is 19.1. The zero-order valence-corrected chi connectivity index (χ0v) is 13.4. The summed E-state index contributed by atoms with van der Waals surface area (Å²) in [5.41, 5.74) is 1.43. The lowest BCUT2D eigenvalue weighted by molar-refractivity contribution is -0.137. The van der Waals surface area contributed by atoms with Crippen molar-refractivity contribution in [3.8, 4) is 5.75 Å². The van der Waals surface area contributed by atoms with Gasteiger partial charge in [-0.2, -0.15) is 0 Å². The van der Waals surface area contributed by atoms with Crippen LogP contribution in [0.1, 0.15) is 44.7 Å². The predicted octanol–water partition coefficient (Wildman–Crippen LogP) is 5.31. The standard InChI is InChI=1S/C19H21FO2/c1-6-15-17(20)8-7-13-9-14(22-19(21)12(4)5)10-16(11(2)3)18(13)15/h6-12H,1H2,2-5H3. The van der Waals surface area contributed by atoms with Crippen LogP contribution in [0.5, 0.6) is 5.75 Å². The first-order chi connectivity index (χ1) is 10.3. The summed E-state index contributed by atoms with van der Waals surface area (Å²) in [6.07, 6.45) is 1.53. The number of hydrogen-bond donors (Lipinski definition) is 0. The van der Waals surface area contributed by atoms with E-state index in [1.54, 1.807) is 26.0 Å². The molecule has 0 aliphatic carbocycles. The van der Waals surface area contributed by atoms with E-state index in [1.807, 2.05) is 19.9 Å². The van der Waals surface area contributed by atoms with E-state index in [1.165, 1.54) is 12.1 Å². The first kappa shape index (κ1) is 16.2. The second kappa shape index (κ2) is 6.30. The van der Waals surface area contributed by atoms with E-state index in [9.17, 15) is 9.18 Å². The van der Waals surface area contributed by atoms with E-state index in [2.05, 4.69) is 6.58 Å². The summed E-state index contributed by atoms with van der Waals surface area (Å²) in [6, 6.07) is 6.71. The minimum absolute atomic E-state index is 0.167. The van der Waals surface area contributed by atoms with Crippen molar-refractivity contribution in [1.29, 1.82) is 0 Å². The molecule has 2 aromatic carbocycles. The van der Waals surface area contributed by atoms with Gasteiger partial charge in [-0.1, -0.05) is 46.4 Å². The van der Waals surface area contributed by atoms with Crippen molar-refractivity contribution in [3.05, 3.63) is 47.8 Å². The lowest BCUT2D eigenvalue weighted by atomic mass is 9.92. The number of carbonyl (C=O) groups is 1. The number of carbonyl (C=O) groups excluding carboxylic acids is 1. The molecule has 0 saturated heterocycles. The van der Waals surface area contributed by atoms with Gasteiger partial charge in [-0.25, -0.2) is 4.39 Å². The SMILES string of the molecule is C=Cc1c(F)ccc2cc(OC(=O)C(C)C)cc(C(C)C)c12. The van der Waals surface area contributed by atoms with Crippen LogP contribution in [0.2, 0.25) is 0 Å². The lowest BCUT2D eigenvalue weighted by Gasteiger charge is -2.16. The molecule has 0 fully saturated rings. The molecule has 0 N–H and O–H groups in total. The molecule has 2 rings (SSSR count). The number of benzene rings is 2. The van der Waals surface area contributed by atoms with Crippen LogP contribution in [0.25, 0.3) is 16.8 Å². The molecule has 2 aromatic rings. The second-order valence-electron chi connectivity index (χ2n) is 6.01. The van der Waals surface area contributed by atoms with Crippen molar-refractivity contribution in [1.82, 2.24) is 0 Å². The zero-order chi connectivity index (χ0) is 16.4. The van der Waals surface area contributed by atoms with E-state index < -0.39 is 0 Å². The van der Waals surface area contributed by atoms with Crippen molar-refractivity contribution < 1.29 is 13.9 Å². The molecule has 0 amide bonds. The lowest BCUT2D eigenvalue weighted by Crippen LogP contribution is -2.15. The first-order valence-corrected chi connectivity index (χ1v) is 7.45. The molecule has 0 unspecified atom stereocenters. The Hall–Kier alpha value is -2.16. The molecule has 0 bridgehead atoms. The molecule has 2 nitrogen and oxygen atoms in total. The fourth-order valence-corrected chi connectivity index (χ4v) is 2.42. The van der Waals surface area contributed by atoms with Crippen LogP contribution in [-0.4, -0.2) is 5.97 Å². The number of fused-ring (bicyclic) bond motifs is 1. The average molecular weight is 300 g/mol. The Balaban J connectivity index is 2.68. The van der Waals surface area contributed by atoms with E-state index in [0.717, 1.165) is 16.3 Å². The van der Waals surface area contributed by atoms with Crippen molar-refractivity contribution in [3.63, 3.8) is 0 Å². The first-order valence-electron chi connectivity index (χ1n) is 7.45. The van der Waals surface area contributed by atoms with Crippen LogP contribution >= 0.6 is 0 Å². The van der Waals surface area contributed by atoms with Gasteiger partial charge in [0.25, 0.3) is 0 Å². The Labute approximate surface area is 130 Å². The van der Waals surface area contributed by atoms with Gasteiger partial charge in [-0.15, -0.1) is 0 Å². The van der Waals surface area contributed by atoms with Gasteiger partial charge in [0, 0.05) is 5.56 Å². The van der Waals surface area contributed by atoms with E-state index in [0.29, 0.717) is 11.3 Å². The van der Waals surface area contributed by atoms with Crippen LogP contribution in [0.15, 0.2) is 30.8 Å². The number of hydrogen-bond acceptors (Lipinski definition) is 2. The summed E-state index contributed by atoms with van der Waals surface area (Å²) in [5.74, 6) is -0.108. The van der Waals surface area contributed by atoms with E-state index >= 15 is 0 Å². The maximum atomic E-state index is 14.0. The molecule has 0 aromatic heterocycles. The van der Waals surface area contributed by atoms with Crippen molar-refractivity contribution in [2.75, 3.05) is 0 Å². The Kier molecular flexibility index (Phi) is 4.65. The molecule has 0 heterocycles. The van der Waals surface area contributed by atoms with Crippen molar-refractivity contribution >= 4 is 22.8 Å². The molecule has 116 valence electrons. The van der Waals surface area contributed by atoms with Gasteiger partial charge in [0.05, 0.1) is 5.92 Å². The smallest absolute Gasteiger partial charge is 0.313 e. The number of halogens is 1. The minimum Gasteiger partial charge on any atom is -0.426 e. The van der Waals surface area contributed by atoms with E-state index in [4.69, 9.17) is 4.74 Å². The predicted molar refractivity (Wildman–Crippen MR) is 88.6 cm³/mol. The Morgan fingerprint density at radius 1 is 1.23 bits per heavy atom. The number of ether oxygens (including phenoxy) is 1. The Morgan fingerprint density at radius 3 is 2.45 bits per heavy atom. The average Bonchev–Trinajstić information content (AvgIpc) is 2.46. The van der Waals surface area contributed by atoms with Crippen LogP contribution in [-0.2, 0) is 4.79 Å². The monoisotopic (exact) mass is 300 g/mol. The Bertz CT molecular complexity index is 730. The molecule has 0 aliphatic rings. The highest BCUT2D eigenvalue weighted by Crippen LogP contribution is 2.34. The molecule has 0 aliphatic heterocycles. The topological polar surface area (TPSA) is 26.3 Å². The summed E-state index contributed by atoms with van der Waals surface area (Å²) in [5, 5.41) is 1.67. The van der Waals surface area contributed by atoms with Crippen molar-refractivity contribution in [2.24, 2.45) is 5.92 Å². The highest BCUT2D eigenvalue weighted by Gasteiger charge is 2.16. The summed E-state index contributed by atoms with van der Waals surface area (Å²) < 4.78 is 19.4. The number of rotatable bonds is 4. The third-order valence-corrected chi connectivity index (χ3v) is 3.62. The van der Waals surface area contributed by atoms with Crippen LogP contribution in [0, 0.1) is 11.7 Å². The van der Waals surface area contributed by atoms with Gasteiger partial charge >= 0.3 is 5.97 Å². The third-order valence-electron chi connectivity index (χ3n) is 3.62. The molecule has 22 heavy (non-hydrogen) atoms. The molecule has 0 radical (unpaired) electrons. The summed E-state index contributed by atoms with van der Waals surface area (Å²) in [4.78, 5) is 11.8. The summed E-state index contributed by atoms with van der Waals surface area (Å²) >= 11 is 0. The van der Waals surface area contributed by atoms with Gasteiger partial charge in [0.15, 0.2) is 0 Å². The van der Waals surface area contributed by atoms with Gasteiger partial charge in [-0.3, -0.25) is 4.79 Å². The number of esters is 1. The molecule has 3 heteroatoms. The second-order valence-corrected chi connectivity index (χ2v) is 6.01. The fraction of sp³-hybridized carbons (Fsp3) is 0.316. The molecule has 0 atom stereocenters. The zero-order valence-electron chi connectivity index (χ0n) is 13.4. The molecular weight excluding hydrogens is 279 g/mol. The molecular formula is C19H21FO2. The maximum Gasteiger partial charge on any atom is 0.313 e. The molecule has 0 saturated carbocycles. The largest absolute Gasteiger partial charge is 0.426 e. The van der Waals surface area contributed by atoms with Crippen LogP contribution in [0.4, 0.5) is 4.39 Å². The van der Waals surface area contributed by atoms with Crippen LogP contribution < -0.4 is 4.74 Å². The fourth-order valence-electron chi connectivity index (χ4n) is 2.42. The molecule has 0 spiro atoms. The van der Waals surface area contributed by atoms with Gasteiger partial charge in [0.2, 0.25) is 0 Å². The normalized spacial score (nSPS) is 11.2. The van der Waals surface area contributed by atoms with E-state index in [-0.39, 0.29) is 23.6 Å². The van der Waals surface area contributed by atoms with Crippen molar-refractivity contribution in [2.45, 2.75) is 33.6 Å². The summed E-state index contributed by atoms with van der Waals surface area (Å²) in [6.45, 7) is 11.3. The Morgan fingerprint density at radius 2 is 1.91 bits per heavy atom.